The largest absolute Gasteiger partial charge is 0.496 e. The first-order valence-corrected chi connectivity index (χ1v) is 12.1. The van der Waals surface area contributed by atoms with Gasteiger partial charge >= 0.3 is 6.03 Å². The van der Waals surface area contributed by atoms with Gasteiger partial charge in [0.1, 0.15) is 5.75 Å². The maximum Gasteiger partial charge on any atom is 0.323 e. The van der Waals surface area contributed by atoms with Crippen molar-refractivity contribution in [1.29, 1.82) is 0 Å². The number of para-hydroxylation sites is 1. The van der Waals surface area contributed by atoms with Gasteiger partial charge < -0.3 is 26.0 Å². The summed E-state index contributed by atoms with van der Waals surface area (Å²) >= 11 is 0. The summed E-state index contributed by atoms with van der Waals surface area (Å²) in [4.78, 5) is 38.5. The van der Waals surface area contributed by atoms with E-state index in [4.69, 9.17) is 4.74 Å². The minimum Gasteiger partial charge on any atom is -0.496 e. The minimum absolute atomic E-state index is 0.102. The van der Waals surface area contributed by atoms with Gasteiger partial charge in [-0.15, -0.1) is 0 Å². The van der Waals surface area contributed by atoms with Crippen LogP contribution in [0, 0.1) is 0 Å². The summed E-state index contributed by atoms with van der Waals surface area (Å²) in [5, 5.41) is 11.2. The number of likely N-dealkylation sites (N-methyl/N-ethyl adjacent to an activating group) is 1. The van der Waals surface area contributed by atoms with Gasteiger partial charge in [-0.25, -0.2) is 4.79 Å². The number of urea groups is 1. The van der Waals surface area contributed by atoms with Crippen molar-refractivity contribution >= 4 is 34.9 Å². The van der Waals surface area contributed by atoms with Crippen LogP contribution in [0.2, 0.25) is 0 Å². The lowest BCUT2D eigenvalue weighted by Gasteiger charge is -2.21. The van der Waals surface area contributed by atoms with Crippen LogP contribution in [0.3, 0.4) is 0 Å². The van der Waals surface area contributed by atoms with Crippen molar-refractivity contribution in [3.05, 3.63) is 83.9 Å². The molecular weight excluding hydrogens is 470 g/mol. The standard InChI is InChI=1S/C28H33N5O4/c1-4-33(19-21-10-12-23(13-11-21)30-20(2)34)17-16-29-27(35)25-15-14-24(18-26(25)37-3)32-28(36)31-22-8-6-5-7-9-22/h5-15,18H,4,16-17,19H2,1-3H3,(H,29,35)(H,30,34)(H2,31,32,36). The second-order valence-electron chi connectivity index (χ2n) is 8.36. The van der Waals surface area contributed by atoms with Crippen LogP contribution in [-0.4, -0.2) is 49.5 Å². The van der Waals surface area contributed by atoms with Gasteiger partial charge in [0.2, 0.25) is 5.91 Å². The van der Waals surface area contributed by atoms with E-state index in [1.54, 1.807) is 30.3 Å². The maximum absolute atomic E-state index is 12.8. The monoisotopic (exact) mass is 503 g/mol. The van der Waals surface area contributed by atoms with Crippen LogP contribution >= 0.6 is 0 Å². The number of nitrogens with one attached hydrogen (secondary N) is 4. The quantitative estimate of drug-likeness (QED) is 0.307. The average Bonchev–Trinajstić information content (AvgIpc) is 2.89. The number of hydrogen-bond acceptors (Lipinski definition) is 5. The lowest BCUT2D eigenvalue weighted by Crippen LogP contribution is -2.34. The van der Waals surface area contributed by atoms with Gasteiger partial charge in [-0.1, -0.05) is 37.3 Å². The highest BCUT2D eigenvalue weighted by Crippen LogP contribution is 2.23. The van der Waals surface area contributed by atoms with Gasteiger partial charge in [0.25, 0.3) is 5.91 Å². The highest BCUT2D eigenvalue weighted by molar-refractivity contribution is 6.01. The van der Waals surface area contributed by atoms with Crippen molar-refractivity contribution < 1.29 is 19.1 Å². The fourth-order valence-electron chi connectivity index (χ4n) is 3.70. The summed E-state index contributed by atoms with van der Waals surface area (Å²) in [6.07, 6.45) is 0. The summed E-state index contributed by atoms with van der Waals surface area (Å²) < 4.78 is 5.40. The van der Waals surface area contributed by atoms with E-state index in [9.17, 15) is 14.4 Å². The van der Waals surface area contributed by atoms with Crippen molar-refractivity contribution in [3.8, 4) is 5.75 Å². The zero-order valence-corrected chi connectivity index (χ0v) is 21.3. The Balaban J connectivity index is 1.51. The number of nitrogens with zero attached hydrogens (tertiary/aromatic N) is 1. The highest BCUT2D eigenvalue weighted by atomic mass is 16.5. The zero-order chi connectivity index (χ0) is 26.6. The van der Waals surface area contributed by atoms with Crippen LogP contribution in [0.15, 0.2) is 72.8 Å². The molecule has 3 aromatic rings. The van der Waals surface area contributed by atoms with Gasteiger partial charge in [-0.05, 0) is 48.5 Å². The SMILES string of the molecule is CCN(CCNC(=O)c1ccc(NC(=O)Nc2ccccc2)cc1OC)Cc1ccc(NC(C)=O)cc1. The molecule has 0 aliphatic rings. The predicted molar refractivity (Wildman–Crippen MR) is 146 cm³/mol. The summed E-state index contributed by atoms with van der Waals surface area (Å²) in [5.41, 5.74) is 3.43. The first kappa shape index (κ1) is 27.2. The van der Waals surface area contributed by atoms with Crippen LogP contribution in [0.1, 0.15) is 29.8 Å². The fraction of sp³-hybridized carbons (Fsp3) is 0.250. The topological polar surface area (TPSA) is 112 Å². The minimum atomic E-state index is -0.394. The van der Waals surface area contributed by atoms with Gasteiger partial charge in [0, 0.05) is 49.7 Å². The summed E-state index contributed by atoms with van der Waals surface area (Å²) in [5.74, 6) is 0.00392. The first-order valence-electron chi connectivity index (χ1n) is 12.1. The molecular formula is C28H33N5O4. The number of hydrogen-bond donors (Lipinski definition) is 4. The molecule has 0 saturated carbocycles. The number of rotatable bonds is 11. The van der Waals surface area contributed by atoms with Gasteiger partial charge in [-0.2, -0.15) is 0 Å². The van der Waals surface area contributed by atoms with Crippen LogP contribution in [-0.2, 0) is 11.3 Å². The number of ether oxygens (including phenoxy) is 1. The average molecular weight is 504 g/mol. The Morgan fingerprint density at radius 2 is 1.49 bits per heavy atom. The molecule has 0 unspecified atom stereocenters. The Morgan fingerprint density at radius 3 is 2.14 bits per heavy atom. The molecule has 3 rings (SSSR count). The van der Waals surface area contributed by atoms with E-state index in [1.165, 1.54) is 14.0 Å². The molecule has 0 bridgehead atoms. The molecule has 0 aromatic heterocycles. The van der Waals surface area contributed by atoms with E-state index in [0.717, 1.165) is 24.3 Å². The van der Waals surface area contributed by atoms with Crippen molar-refractivity contribution in [2.24, 2.45) is 0 Å². The number of benzene rings is 3. The number of methoxy groups -OCH3 is 1. The third-order valence-corrected chi connectivity index (χ3v) is 5.58. The second-order valence-corrected chi connectivity index (χ2v) is 8.36. The van der Waals surface area contributed by atoms with Crippen LogP contribution in [0.5, 0.6) is 5.75 Å². The molecule has 4 amide bonds. The third-order valence-electron chi connectivity index (χ3n) is 5.58. The van der Waals surface area contributed by atoms with E-state index in [0.29, 0.717) is 35.8 Å². The fourth-order valence-corrected chi connectivity index (χ4v) is 3.70. The summed E-state index contributed by atoms with van der Waals surface area (Å²) in [6, 6.07) is 21.3. The Labute approximate surface area is 217 Å². The Morgan fingerprint density at radius 1 is 0.838 bits per heavy atom. The molecule has 0 spiro atoms. The molecule has 0 radical (unpaired) electrons. The molecule has 9 heteroatoms. The van der Waals surface area contributed by atoms with Crippen molar-refractivity contribution in [1.82, 2.24) is 10.2 Å². The number of anilines is 3. The predicted octanol–water partition coefficient (Wildman–Crippen LogP) is 4.55. The molecule has 0 saturated heterocycles. The highest BCUT2D eigenvalue weighted by Gasteiger charge is 2.14. The second kappa shape index (κ2) is 13.6. The van der Waals surface area contributed by atoms with Crippen molar-refractivity contribution in [2.45, 2.75) is 20.4 Å². The van der Waals surface area contributed by atoms with E-state index >= 15 is 0 Å². The third kappa shape index (κ3) is 8.66. The molecule has 3 aromatic carbocycles. The van der Waals surface area contributed by atoms with Crippen LogP contribution in [0.25, 0.3) is 0 Å². The molecule has 0 fully saturated rings. The van der Waals surface area contributed by atoms with E-state index in [1.807, 2.05) is 42.5 Å². The van der Waals surface area contributed by atoms with Gasteiger partial charge in [0.15, 0.2) is 0 Å². The normalized spacial score (nSPS) is 10.5. The van der Waals surface area contributed by atoms with E-state index in [-0.39, 0.29) is 11.8 Å². The molecule has 37 heavy (non-hydrogen) atoms. The summed E-state index contributed by atoms with van der Waals surface area (Å²) in [6.45, 7) is 6.21. The molecule has 9 nitrogen and oxygen atoms in total. The number of carbonyl (C=O) groups excluding carboxylic acids is 3. The first-order chi connectivity index (χ1) is 17.9. The lowest BCUT2D eigenvalue weighted by atomic mass is 10.1. The van der Waals surface area contributed by atoms with Crippen molar-refractivity contribution in [2.75, 3.05) is 42.7 Å². The molecule has 0 atom stereocenters. The molecule has 194 valence electrons. The molecule has 4 N–H and O–H groups in total. The molecule has 0 aliphatic heterocycles. The van der Waals surface area contributed by atoms with Gasteiger partial charge in [-0.3, -0.25) is 14.5 Å². The Hall–Kier alpha value is -4.37. The number of carbonyl (C=O) groups is 3. The number of amides is 4. The van der Waals surface area contributed by atoms with Crippen LogP contribution in [0.4, 0.5) is 21.9 Å². The Kier molecular flexibility index (Phi) is 10.0. The Bertz CT molecular complexity index is 1200. The molecule has 0 heterocycles. The van der Waals surface area contributed by atoms with E-state index < -0.39 is 6.03 Å². The lowest BCUT2D eigenvalue weighted by molar-refractivity contribution is -0.114. The van der Waals surface area contributed by atoms with Crippen LogP contribution < -0.4 is 26.0 Å². The van der Waals surface area contributed by atoms with Gasteiger partial charge in [0.05, 0.1) is 12.7 Å². The molecule has 0 aliphatic carbocycles. The summed E-state index contributed by atoms with van der Waals surface area (Å²) in [7, 11) is 1.48. The smallest absolute Gasteiger partial charge is 0.323 e. The van der Waals surface area contributed by atoms with Crippen molar-refractivity contribution in [3.63, 3.8) is 0 Å². The maximum atomic E-state index is 12.8. The van der Waals surface area contributed by atoms with E-state index in [2.05, 4.69) is 33.1 Å². The zero-order valence-electron chi connectivity index (χ0n) is 21.3.